The number of hydrogen-bond donors (Lipinski definition) is 1. The standard InChI is InChI=1S/C16H15NO5/c1-19-12-4-2-3-11(7-12)17-16(18)9-20-13-5-6-14-15(8-13)22-10-21-14/h2-8H,9-10H2,1H3,(H,17,18). The van der Waals surface area contributed by atoms with E-state index in [9.17, 15) is 4.79 Å². The van der Waals surface area contributed by atoms with Crippen LogP contribution in [0.25, 0.3) is 0 Å². The average Bonchev–Trinajstić information content (AvgIpc) is 3.00. The summed E-state index contributed by atoms with van der Waals surface area (Å²) >= 11 is 0. The molecule has 114 valence electrons. The second-order valence-electron chi connectivity index (χ2n) is 4.58. The van der Waals surface area contributed by atoms with Crippen molar-refractivity contribution in [1.82, 2.24) is 0 Å². The predicted molar refractivity (Wildman–Crippen MR) is 79.7 cm³/mol. The van der Waals surface area contributed by atoms with Gasteiger partial charge in [0, 0.05) is 17.8 Å². The van der Waals surface area contributed by atoms with Crippen molar-refractivity contribution in [1.29, 1.82) is 0 Å². The van der Waals surface area contributed by atoms with Gasteiger partial charge in [-0.05, 0) is 24.3 Å². The summed E-state index contributed by atoms with van der Waals surface area (Å²) in [4.78, 5) is 11.9. The summed E-state index contributed by atoms with van der Waals surface area (Å²) in [7, 11) is 1.57. The van der Waals surface area contributed by atoms with E-state index in [0.717, 1.165) is 0 Å². The highest BCUT2D eigenvalue weighted by atomic mass is 16.7. The van der Waals surface area contributed by atoms with E-state index in [1.807, 2.05) is 0 Å². The first kappa shape index (κ1) is 14.1. The first-order valence-electron chi connectivity index (χ1n) is 6.71. The molecule has 2 aromatic rings. The van der Waals surface area contributed by atoms with E-state index in [4.69, 9.17) is 18.9 Å². The Bertz CT molecular complexity index is 686. The largest absolute Gasteiger partial charge is 0.497 e. The average molecular weight is 301 g/mol. The van der Waals surface area contributed by atoms with Crippen LogP contribution in [-0.2, 0) is 4.79 Å². The van der Waals surface area contributed by atoms with Gasteiger partial charge in [0.05, 0.1) is 7.11 Å². The van der Waals surface area contributed by atoms with Gasteiger partial charge in [-0.25, -0.2) is 0 Å². The summed E-state index contributed by atoms with van der Waals surface area (Å²) in [5, 5.41) is 2.74. The number of nitrogens with one attached hydrogen (secondary N) is 1. The number of fused-ring (bicyclic) bond motifs is 1. The van der Waals surface area contributed by atoms with Crippen molar-refractivity contribution in [2.45, 2.75) is 0 Å². The summed E-state index contributed by atoms with van der Waals surface area (Å²) in [5.41, 5.74) is 0.652. The Kier molecular flexibility index (Phi) is 4.00. The number of carbonyl (C=O) groups is 1. The van der Waals surface area contributed by atoms with Crippen LogP contribution in [0.3, 0.4) is 0 Å². The Hall–Kier alpha value is -2.89. The van der Waals surface area contributed by atoms with Crippen LogP contribution in [0.2, 0.25) is 0 Å². The van der Waals surface area contributed by atoms with Crippen molar-refractivity contribution < 1.29 is 23.7 Å². The lowest BCUT2D eigenvalue weighted by molar-refractivity contribution is -0.118. The summed E-state index contributed by atoms with van der Waals surface area (Å²) < 4.78 is 21.0. The first-order valence-corrected chi connectivity index (χ1v) is 6.71. The number of ether oxygens (including phenoxy) is 4. The lowest BCUT2D eigenvalue weighted by Gasteiger charge is -2.09. The minimum absolute atomic E-state index is 0.100. The smallest absolute Gasteiger partial charge is 0.262 e. The molecule has 0 spiro atoms. The van der Waals surface area contributed by atoms with Crippen LogP contribution in [0.4, 0.5) is 5.69 Å². The van der Waals surface area contributed by atoms with Crippen molar-refractivity contribution in [2.24, 2.45) is 0 Å². The Labute approximate surface area is 127 Å². The van der Waals surface area contributed by atoms with E-state index in [-0.39, 0.29) is 19.3 Å². The fraction of sp³-hybridized carbons (Fsp3) is 0.188. The third kappa shape index (κ3) is 3.22. The van der Waals surface area contributed by atoms with Gasteiger partial charge in [-0.15, -0.1) is 0 Å². The molecule has 0 aliphatic carbocycles. The van der Waals surface area contributed by atoms with Gasteiger partial charge in [0.15, 0.2) is 18.1 Å². The van der Waals surface area contributed by atoms with Crippen molar-refractivity contribution in [2.75, 3.05) is 25.8 Å². The lowest BCUT2D eigenvalue weighted by atomic mass is 10.3. The highest BCUT2D eigenvalue weighted by Gasteiger charge is 2.14. The van der Waals surface area contributed by atoms with Gasteiger partial charge in [-0.3, -0.25) is 4.79 Å². The summed E-state index contributed by atoms with van der Waals surface area (Å²) in [5.74, 6) is 2.25. The SMILES string of the molecule is COc1cccc(NC(=O)COc2ccc3c(c2)OCO3)c1. The second-order valence-corrected chi connectivity index (χ2v) is 4.58. The molecule has 1 amide bonds. The summed E-state index contributed by atoms with van der Waals surface area (Å²) in [6, 6.07) is 12.3. The number of anilines is 1. The van der Waals surface area contributed by atoms with Crippen molar-refractivity contribution >= 4 is 11.6 Å². The highest BCUT2D eigenvalue weighted by molar-refractivity contribution is 5.92. The molecule has 0 atom stereocenters. The molecule has 3 rings (SSSR count). The Morgan fingerprint density at radius 3 is 2.86 bits per heavy atom. The highest BCUT2D eigenvalue weighted by Crippen LogP contribution is 2.35. The minimum Gasteiger partial charge on any atom is -0.497 e. The van der Waals surface area contributed by atoms with Gasteiger partial charge >= 0.3 is 0 Å². The maximum Gasteiger partial charge on any atom is 0.262 e. The van der Waals surface area contributed by atoms with E-state index in [2.05, 4.69) is 5.32 Å². The van der Waals surface area contributed by atoms with Crippen molar-refractivity contribution in [3.8, 4) is 23.0 Å². The van der Waals surface area contributed by atoms with Crippen molar-refractivity contribution in [3.63, 3.8) is 0 Å². The molecule has 0 unspecified atom stereocenters. The van der Waals surface area contributed by atoms with Crippen molar-refractivity contribution in [3.05, 3.63) is 42.5 Å². The van der Waals surface area contributed by atoms with E-state index in [1.54, 1.807) is 49.6 Å². The molecule has 0 fully saturated rings. The zero-order valence-electron chi connectivity index (χ0n) is 12.0. The summed E-state index contributed by atoms with van der Waals surface area (Å²) in [6.45, 7) is 0.103. The van der Waals surface area contributed by atoms with Crippen LogP contribution in [-0.4, -0.2) is 26.4 Å². The van der Waals surface area contributed by atoms with Crippen LogP contribution >= 0.6 is 0 Å². The zero-order valence-corrected chi connectivity index (χ0v) is 12.0. The zero-order chi connectivity index (χ0) is 15.4. The molecule has 0 saturated heterocycles. The third-order valence-corrected chi connectivity index (χ3v) is 3.07. The van der Waals surface area contributed by atoms with Crippen LogP contribution in [0, 0.1) is 0 Å². The maximum atomic E-state index is 11.9. The molecule has 6 nitrogen and oxygen atoms in total. The first-order chi connectivity index (χ1) is 10.7. The van der Waals surface area contributed by atoms with Gasteiger partial charge in [0.2, 0.25) is 6.79 Å². The molecule has 0 bridgehead atoms. The van der Waals surface area contributed by atoms with E-state index < -0.39 is 0 Å². The molecule has 0 aromatic heterocycles. The van der Waals surface area contributed by atoms with Gasteiger partial charge in [-0.2, -0.15) is 0 Å². The predicted octanol–water partition coefficient (Wildman–Crippen LogP) is 2.44. The van der Waals surface area contributed by atoms with Gasteiger partial charge in [0.1, 0.15) is 11.5 Å². The fourth-order valence-electron chi connectivity index (χ4n) is 2.01. The van der Waals surface area contributed by atoms with Crippen LogP contribution < -0.4 is 24.3 Å². The Morgan fingerprint density at radius 1 is 1.14 bits per heavy atom. The quantitative estimate of drug-likeness (QED) is 0.919. The molecule has 1 aliphatic heterocycles. The van der Waals surface area contributed by atoms with Gasteiger partial charge < -0.3 is 24.3 Å². The molecular weight excluding hydrogens is 286 g/mol. The molecule has 0 radical (unpaired) electrons. The lowest BCUT2D eigenvalue weighted by Crippen LogP contribution is -2.20. The maximum absolute atomic E-state index is 11.9. The number of methoxy groups -OCH3 is 1. The number of benzene rings is 2. The molecule has 0 saturated carbocycles. The monoisotopic (exact) mass is 301 g/mol. The number of rotatable bonds is 5. The van der Waals surface area contributed by atoms with E-state index in [0.29, 0.717) is 28.7 Å². The van der Waals surface area contributed by atoms with Gasteiger partial charge in [0.25, 0.3) is 5.91 Å². The van der Waals surface area contributed by atoms with E-state index >= 15 is 0 Å². The third-order valence-electron chi connectivity index (χ3n) is 3.07. The number of hydrogen-bond acceptors (Lipinski definition) is 5. The molecule has 1 heterocycles. The fourth-order valence-corrected chi connectivity index (χ4v) is 2.01. The normalized spacial score (nSPS) is 11.9. The number of amides is 1. The molecule has 1 aliphatic rings. The molecule has 1 N–H and O–H groups in total. The Morgan fingerprint density at radius 2 is 2.00 bits per heavy atom. The molecule has 2 aromatic carbocycles. The summed E-state index contributed by atoms with van der Waals surface area (Å²) in [6.07, 6.45) is 0. The molecule has 6 heteroatoms. The van der Waals surface area contributed by atoms with Crippen LogP contribution in [0.5, 0.6) is 23.0 Å². The second kappa shape index (κ2) is 6.26. The van der Waals surface area contributed by atoms with Crippen LogP contribution in [0.1, 0.15) is 0 Å². The Balaban J connectivity index is 1.56. The topological polar surface area (TPSA) is 66.0 Å². The molecular formula is C16H15NO5. The number of carbonyl (C=O) groups excluding carboxylic acids is 1. The minimum atomic E-state index is -0.258. The van der Waals surface area contributed by atoms with Crippen LogP contribution in [0.15, 0.2) is 42.5 Å². The van der Waals surface area contributed by atoms with E-state index in [1.165, 1.54) is 0 Å². The molecule has 22 heavy (non-hydrogen) atoms. The van der Waals surface area contributed by atoms with Gasteiger partial charge in [-0.1, -0.05) is 6.07 Å².